The fourth-order valence-electron chi connectivity index (χ4n) is 2.43. The second-order valence-corrected chi connectivity index (χ2v) is 4.82. The zero-order valence-corrected chi connectivity index (χ0v) is 10.2. The molecule has 1 fully saturated rings. The molecule has 0 aromatic heterocycles. The summed E-state index contributed by atoms with van der Waals surface area (Å²) in [5.74, 6) is 1.10. The minimum Gasteiger partial charge on any atom is -0.395 e. The fourth-order valence-corrected chi connectivity index (χ4v) is 2.43. The fraction of sp³-hybridized carbons (Fsp3) is 0.923. The molecule has 3 nitrogen and oxygen atoms in total. The van der Waals surface area contributed by atoms with E-state index in [1.807, 2.05) is 0 Å². The molecule has 0 unspecified atom stereocenters. The van der Waals surface area contributed by atoms with Crippen molar-refractivity contribution in [3.63, 3.8) is 0 Å². The Morgan fingerprint density at radius 3 is 2.62 bits per heavy atom. The summed E-state index contributed by atoms with van der Waals surface area (Å²) < 4.78 is 0. The third-order valence-corrected chi connectivity index (χ3v) is 3.34. The van der Waals surface area contributed by atoms with Crippen LogP contribution in [0, 0.1) is 5.92 Å². The van der Waals surface area contributed by atoms with Gasteiger partial charge in [-0.1, -0.05) is 32.1 Å². The summed E-state index contributed by atoms with van der Waals surface area (Å²) in [6.07, 6.45) is 8.92. The lowest BCUT2D eigenvalue weighted by molar-refractivity contribution is -0.120. The Morgan fingerprint density at radius 1 is 1.19 bits per heavy atom. The monoisotopic (exact) mass is 227 g/mol. The topological polar surface area (TPSA) is 49.3 Å². The van der Waals surface area contributed by atoms with Crippen LogP contribution < -0.4 is 5.32 Å². The normalized spacial score (nSPS) is 17.6. The average Bonchev–Trinajstić information content (AvgIpc) is 2.30. The maximum Gasteiger partial charge on any atom is 0.133 e. The van der Waals surface area contributed by atoms with Gasteiger partial charge in [0, 0.05) is 19.4 Å². The molecule has 0 radical (unpaired) electrons. The van der Waals surface area contributed by atoms with Crippen LogP contribution in [-0.4, -0.2) is 30.6 Å². The first kappa shape index (κ1) is 13.7. The predicted octanol–water partition coefficient (Wildman–Crippen LogP) is 1.89. The Bertz CT molecular complexity index is 188. The standard InChI is InChI=1S/C13H25NO2/c15-10-9-14-8-4-7-13(16)11-12-5-2-1-3-6-12/h12,14-15H,1-11H2. The molecule has 0 spiro atoms. The number of carbonyl (C=O) groups is 1. The lowest BCUT2D eigenvalue weighted by Crippen LogP contribution is -2.20. The molecule has 0 aliphatic heterocycles. The van der Waals surface area contributed by atoms with E-state index in [1.165, 1.54) is 32.1 Å². The summed E-state index contributed by atoms with van der Waals surface area (Å²) >= 11 is 0. The largest absolute Gasteiger partial charge is 0.395 e. The van der Waals surface area contributed by atoms with Gasteiger partial charge in [-0.25, -0.2) is 0 Å². The lowest BCUT2D eigenvalue weighted by atomic mass is 9.85. The third-order valence-electron chi connectivity index (χ3n) is 3.34. The first-order chi connectivity index (χ1) is 7.83. The second-order valence-electron chi connectivity index (χ2n) is 4.82. The van der Waals surface area contributed by atoms with Gasteiger partial charge in [0.1, 0.15) is 5.78 Å². The SMILES string of the molecule is O=C(CCCNCCO)CC1CCCCC1. The van der Waals surface area contributed by atoms with Gasteiger partial charge in [-0.3, -0.25) is 4.79 Å². The molecule has 0 atom stereocenters. The minimum absolute atomic E-state index is 0.177. The first-order valence-corrected chi connectivity index (χ1v) is 6.66. The van der Waals surface area contributed by atoms with Crippen LogP contribution in [0.1, 0.15) is 51.4 Å². The molecule has 1 aliphatic carbocycles. The smallest absolute Gasteiger partial charge is 0.133 e. The van der Waals surface area contributed by atoms with E-state index in [1.54, 1.807) is 0 Å². The van der Waals surface area contributed by atoms with Crippen molar-refractivity contribution in [2.75, 3.05) is 19.7 Å². The number of Topliss-reactive ketones (excluding diaryl/α,β-unsaturated/α-hetero) is 1. The van der Waals surface area contributed by atoms with E-state index in [-0.39, 0.29) is 6.61 Å². The molecule has 1 aliphatic rings. The van der Waals surface area contributed by atoms with E-state index in [2.05, 4.69) is 5.32 Å². The molecule has 0 saturated heterocycles. The van der Waals surface area contributed by atoms with Crippen LogP contribution >= 0.6 is 0 Å². The number of carbonyl (C=O) groups excluding carboxylic acids is 1. The molecule has 2 N–H and O–H groups in total. The van der Waals surface area contributed by atoms with Crippen LogP contribution in [0.15, 0.2) is 0 Å². The molecule has 1 rings (SSSR count). The van der Waals surface area contributed by atoms with Gasteiger partial charge < -0.3 is 10.4 Å². The quantitative estimate of drug-likeness (QED) is 0.623. The van der Waals surface area contributed by atoms with E-state index < -0.39 is 0 Å². The minimum atomic E-state index is 0.177. The maximum atomic E-state index is 11.7. The summed E-state index contributed by atoms with van der Waals surface area (Å²) in [7, 11) is 0. The Balaban J connectivity index is 1.97. The van der Waals surface area contributed by atoms with Crippen molar-refractivity contribution >= 4 is 5.78 Å². The number of aliphatic hydroxyl groups is 1. The van der Waals surface area contributed by atoms with Gasteiger partial charge in [0.05, 0.1) is 6.61 Å². The van der Waals surface area contributed by atoms with Crippen LogP contribution in [0.25, 0.3) is 0 Å². The maximum absolute atomic E-state index is 11.7. The number of nitrogens with one attached hydrogen (secondary N) is 1. The van der Waals surface area contributed by atoms with E-state index in [0.29, 0.717) is 24.7 Å². The molecule has 94 valence electrons. The van der Waals surface area contributed by atoms with Crippen LogP contribution in [-0.2, 0) is 4.79 Å². The molecule has 1 saturated carbocycles. The molecule has 0 aromatic rings. The van der Waals surface area contributed by atoms with Crippen LogP contribution in [0.4, 0.5) is 0 Å². The predicted molar refractivity (Wildman–Crippen MR) is 65.4 cm³/mol. The van der Waals surface area contributed by atoms with Crippen molar-refractivity contribution in [1.82, 2.24) is 5.32 Å². The highest BCUT2D eigenvalue weighted by atomic mass is 16.3. The highest BCUT2D eigenvalue weighted by Crippen LogP contribution is 2.26. The van der Waals surface area contributed by atoms with Gasteiger partial charge in [0.25, 0.3) is 0 Å². The van der Waals surface area contributed by atoms with Gasteiger partial charge >= 0.3 is 0 Å². The Kier molecular flexibility index (Phi) is 7.43. The van der Waals surface area contributed by atoms with Crippen LogP contribution in [0.3, 0.4) is 0 Å². The second kappa shape index (κ2) is 8.71. The zero-order valence-electron chi connectivity index (χ0n) is 10.2. The summed E-state index contributed by atoms with van der Waals surface area (Å²) in [4.78, 5) is 11.7. The highest BCUT2D eigenvalue weighted by molar-refractivity contribution is 5.78. The average molecular weight is 227 g/mol. The summed E-state index contributed by atoms with van der Waals surface area (Å²) in [6, 6.07) is 0. The van der Waals surface area contributed by atoms with E-state index in [4.69, 9.17) is 5.11 Å². The number of rotatable bonds is 8. The molecular formula is C13H25NO2. The third kappa shape index (κ3) is 6.23. The Labute approximate surface area is 98.6 Å². The van der Waals surface area contributed by atoms with Gasteiger partial charge in [-0.05, 0) is 18.9 Å². The Hall–Kier alpha value is -0.410. The van der Waals surface area contributed by atoms with Crippen molar-refractivity contribution in [2.45, 2.75) is 51.4 Å². The van der Waals surface area contributed by atoms with E-state index in [9.17, 15) is 4.79 Å². The molecule has 3 heteroatoms. The van der Waals surface area contributed by atoms with Crippen molar-refractivity contribution in [3.05, 3.63) is 0 Å². The summed E-state index contributed by atoms with van der Waals surface area (Å²) in [5, 5.41) is 11.7. The highest BCUT2D eigenvalue weighted by Gasteiger charge is 2.16. The number of aliphatic hydroxyl groups excluding tert-OH is 1. The van der Waals surface area contributed by atoms with Crippen LogP contribution in [0.5, 0.6) is 0 Å². The van der Waals surface area contributed by atoms with Gasteiger partial charge in [-0.2, -0.15) is 0 Å². The van der Waals surface area contributed by atoms with Gasteiger partial charge in [-0.15, -0.1) is 0 Å². The summed E-state index contributed by atoms with van der Waals surface area (Å²) in [5.41, 5.74) is 0. The molecule has 0 bridgehead atoms. The Morgan fingerprint density at radius 2 is 1.94 bits per heavy atom. The van der Waals surface area contributed by atoms with E-state index >= 15 is 0 Å². The molecule has 16 heavy (non-hydrogen) atoms. The molecule has 0 aromatic carbocycles. The van der Waals surface area contributed by atoms with Gasteiger partial charge in [0.2, 0.25) is 0 Å². The molecule has 0 heterocycles. The molecular weight excluding hydrogens is 202 g/mol. The number of ketones is 1. The number of hydrogen-bond acceptors (Lipinski definition) is 3. The molecule has 0 amide bonds. The van der Waals surface area contributed by atoms with Crippen molar-refractivity contribution < 1.29 is 9.90 Å². The lowest BCUT2D eigenvalue weighted by Gasteiger charge is -2.20. The summed E-state index contributed by atoms with van der Waals surface area (Å²) in [6.45, 7) is 1.66. The van der Waals surface area contributed by atoms with Crippen molar-refractivity contribution in [1.29, 1.82) is 0 Å². The zero-order chi connectivity index (χ0) is 11.6. The first-order valence-electron chi connectivity index (χ1n) is 6.66. The van der Waals surface area contributed by atoms with Crippen molar-refractivity contribution in [3.8, 4) is 0 Å². The van der Waals surface area contributed by atoms with Crippen molar-refractivity contribution in [2.24, 2.45) is 5.92 Å². The van der Waals surface area contributed by atoms with E-state index in [0.717, 1.165) is 19.4 Å². The number of hydrogen-bond donors (Lipinski definition) is 2. The van der Waals surface area contributed by atoms with Crippen LogP contribution in [0.2, 0.25) is 0 Å². The van der Waals surface area contributed by atoms with Gasteiger partial charge in [0.15, 0.2) is 0 Å².